The number of hydrogen-bond donors (Lipinski definition) is 2. The molecule has 16 heavy (non-hydrogen) atoms. The number of amides is 1. The monoisotopic (exact) mass is 262 g/mol. The Hall–Kier alpha value is -0.290. The number of nitrogens with two attached hydrogens (primary N) is 1. The largest absolute Gasteiger partial charge is 0.393 e. The van der Waals surface area contributed by atoms with Crippen LogP contribution in [0.25, 0.3) is 0 Å². The molecule has 0 aromatic carbocycles. The lowest BCUT2D eigenvalue weighted by atomic mass is 9.95. The highest BCUT2D eigenvalue weighted by atomic mass is 32.2. The second-order valence-electron chi connectivity index (χ2n) is 4.43. The molecule has 0 saturated heterocycles. The van der Waals surface area contributed by atoms with Crippen molar-refractivity contribution in [2.24, 2.45) is 23.5 Å². The maximum atomic E-state index is 11.8. The van der Waals surface area contributed by atoms with Gasteiger partial charge in [-0.05, 0) is 23.8 Å². The maximum absolute atomic E-state index is 11.8. The van der Waals surface area contributed by atoms with Crippen molar-refractivity contribution in [3.05, 3.63) is 0 Å². The van der Waals surface area contributed by atoms with E-state index in [2.05, 4.69) is 18.5 Å². The molecule has 1 amide bonds. The van der Waals surface area contributed by atoms with Crippen molar-refractivity contribution in [3.63, 3.8) is 0 Å². The third-order valence-corrected chi connectivity index (χ3v) is 3.49. The van der Waals surface area contributed by atoms with Gasteiger partial charge in [0.2, 0.25) is 5.91 Å². The van der Waals surface area contributed by atoms with Gasteiger partial charge in [-0.25, -0.2) is 0 Å². The van der Waals surface area contributed by atoms with Crippen LogP contribution in [0.1, 0.15) is 20.8 Å². The summed E-state index contributed by atoms with van der Waals surface area (Å²) >= 11 is 6.69. The Morgan fingerprint density at radius 3 is 2.38 bits per heavy atom. The van der Waals surface area contributed by atoms with Crippen molar-refractivity contribution in [2.75, 3.05) is 18.6 Å². The fourth-order valence-electron chi connectivity index (χ4n) is 1.49. The van der Waals surface area contributed by atoms with Crippen LogP contribution >= 0.6 is 24.0 Å². The lowest BCUT2D eigenvalue weighted by molar-refractivity contribution is -0.124. The van der Waals surface area contributed by atoms with E-state index in [-0.39, 0.29) is 22.7 Å². The number of carbonyl (C=O) groups is 1. The minimum atomic E-state index is -0.350. The van der Waals surface area contributed by atoms with Gasteiger partial charge in [0.25, 0.3) is 0 Å². The Labute approximate surface area is 108 Å². The molecule has 0 heterocycles. The van der Waals surface area contributed by atoms with Gasteiger partial charge in [0.1, 0.15) is 0 Å². The van der Waals surface area contributed by atoms with Gasteiger partial charge in [-0.3, -0.25) is 4.79 Å². The van der Waals surface area contributed by atoms with Crippen LogP contribution in [0.15, 0.2) is 0 Å². The Balaban J connectivity index is 4.17. The van der Waals surface area contributed by atoms with Gasteiger partial charge in [0, 0.05) is 6.54 Å². The molecule has 0 aliphatic carbocycles. The zero-order chi connectivity index (χ0) is 12.7. The zero-order valence-electron chi connectivity index (χ0n) is 10.4. The molecule has 3 nitrogen and oxygen atoms in total. The van der Waals surface area contributed by atoms with Crippen molar-refractivity contribution >= 4 is 34.9 Å². The van der Waals surface area contributed by atoms with E-state index in [1.807, 2.05) is 13.8 Å². The molecule has 0 bridgehead atoms. The van der Waals surface area contributed by atoms with Crippen LogP contribution in [-0.4, -0.2) is 29.4 Å². The molecule has 0 aromatic heterocycles. The van der Waals surface area contributed by atoms with E-state index in [0.29, 0.717) is 12.5 Å². The summed E-state index contributed by atoms with van der Waals surface area (Å²) in [6, 6.07) is 0. The third kappa shape index (κ3) is 5.70. The van der Waals surface area contributed by atoms with E-state index in [1.54, 1.807) is 11.8 Å². The summed E-state index contributed by atoms with van der Waals surface area (Å²) in [6.45, 7) is 6.71. The summed E-state index contributed by atoms with van der Waals surface area (Å²) in [5, 5.41) is 2.91. The fraction of sp³-hybridized carbons (Fsp3) is 0.818. The van der Waals surface area contributed by atoms with Crippen LogP contribution in [0, 0.1) is 17.8 Å². The summed E-state index contributed by atoms with van der Waals surface area (Å²) in [5.41, 5.74) is 5.57. The van der Waals surface area contributed by atoms with Crippen molar-refractivity contribution in [3.8, 4) is 0 Å². The molecule has 2 atom stereocenters. The van der Waals surface area contributed by atoms with E-state index in [0.717, 1.165) is 5.75 Å². The van der Waals surface area contributed by atoms with E-state index in [4.69, 9.17) is 18.0 Å². The topological polar surface area (TPSA) is 55.1 Å². The lowest BCUT2D eigenvalue weighted by Gasteiger charge is -2.20. The molecule has 0 saturated carbocycles. The Kier molecular flexibility index (Phi) is 7.76. The molecule has 0 aliphatic rings. The van der Waals surface area contributed by atoms with Gasteiger partial charge in [0.05, 0.1) is 10.9 Å². The summed E-state index contributed by atoms with van der Waals surface area (Å²) in [5.74, 6) is 1.26. The zero-order valence-corrected chi connectivity index (χ0v) is 12.1. The van der Waals surface area contributed by atoms with Gasteiger partial charge in [-0.15, -0.1) is 0 Å². The highest BCUT2D eigenvalue weighted by Crippen LogP contribution is 2.12. The van der Waals surface area contributed by atoms with Crippen LogP contribution in [0.5, 0.6) is 0 Å². The van der Waals surface area contributed by atoms with Gasteiger partial charge in [0.15, 0.2) is 0 Å². The van der Waals surface area contributed by atoms with Crippen LogP contribution in [0.4, 0.5) is 0 Å². The standard InChI is InChI=1S/C11H22N2OS2/c1-7(2)9(10(12)15)11(14)13-5-8(3)6-16-4/h7-9H,5-6H2,1-4H3,(H2,12,15)(H,13,14). The second-order valence-corrected chi connectivity index (χ2v) is 5.81. The molecule has 3 N–H and O–H groups in total. The molecular weight excluding hydrogens is 240 g/mol. The predicted molar refractivity (Wildman–Crippen MR) is 75.7 cm³/mol. The first kappa shape index (κ1) is 15.7. The van der Waals surface area contributed by atoms with Gasteiger partial charge in [-0.2, -0.15) is 11.8 Å². The van der Waals surface area contributed by atoms with Crippen LogP contribution in [0.2, 0.25) is 0 Å². The minimum Gasteiger partial charge on any atom is -0.393 e. The van der Waals surface area contributed by atoms with Gasteiger partial charge in [-0.1, -0.05) is 33.0 Å². The Morgan fingerprint density at radius 2 is 2.00 bits per heavy atom. The van der Waals surface area contributed by atoms with E-state index < -0.39 is 0 Å². The number of nitrogens with one attached hydrogen (secondary N) is 1. The Bertz CT molecular complexity index is 244. The molecule has 0 spiro atoms. The molecule has 0 aliphatic heterocycles. The number of thiocarbonyl (C=S) groups is 1. The minimum absolute atomic E-state index is 0.0459. The lowest BCUT2D eigenvalue weighted by Crippen LogP contribution is -2.42. The summed E-state index contributed by atoms with van der Waals surface area (Å²) in [6.07, 6.45) is 2.06. The molecule has 5 heteroatoms. The molecular formula is C11H22N2OS2. The Morgan fingerprint density at radius 1 is 1.44 bits per heavy atom. The predicted octanol–water partition coefficient (Wildman–Crippen LogP) is 1.66. The summed E-state index contributed by atoms with van der Waals surface area (Å²) < 4.78 is 0. The smallest absolute Gasteiger partial charge is 0.230 e. The summed E-state index contributed by atoms with van der Waals surface area (Å²) in [4.78, 5) is 12.1. The van der Waals surface area contributed by atoms with Crippen molar-refractivity contribution < 1.29 is 4.79 Å². The van der Waals surface area contributed by atoms with E-state index >= 15 is 0 Å². The molecule has 2 unspecified atom stereocenters. The van der Waals surface area contributed by atoms with Crippen LogP contribution in [-0.2, 0) is 4.79 Å². The fourth-order valence-corrected chi connectivity index (χ4v) is 2.55. The number of carbonyl (C=O) groups excluding carboxylic acids is 1. The van der Waals surface area contributed by atoms with Crippen molar-refractivity contribution in [1.82, 2.24) is 5.32 Å². The number of thioether (sulfide) groups is 1. The highest BCUT2D eigenvalue weighted by Gasteiger charge is 2.24. The first-order chi connectivity index (χ1) is 7.40. The van der Waals surface area contributed by atoms with E-state index in [1.165, 1.54) is 0 Å². The van der Waals surface area contributed by atoms with E-state index in [9.17, 15) is 4.79 Å². The first-order valence-corrected chi connectivity index (χ1v) is 7.26. The van der Waals surface area contributed by atoms with Gasteiger partial charge >= 0.3 is 0 Å². The highest BCUT2D eigenvalue weighted by molar-refractivity contribution is 7.98. The molecule has 94 valence electrons. The van der Waals surface area contributed by atoms with Crippen molar-refractivity contribution in [1.29, 1.82) is 0 Å². The molecule has 0 radical (unpaired) electrons. The SMILES string of the molecule is CSCC(C)CNC(=O)C(C(N)=S)C(C)C. The number of rotatable bonds is 7. The van der Waals surface area contributed by atoms with Crippen molar-refractivity contribution in [2.45, 2.75) is 20.8 Å². The first-order valence-electron chi connectivity index (χ1n) is 5.46. The molecule has 0 rings (SSSR count). The maximum Gasteiger partial charge on any atom is 0.230 e. The normalized spacial score (nSPS) is 14.6. The third-order valence-electron chi connectivity index (χ3n) is 2.33. The van der Waals surface area contributed by atoms with Gasteiger partial charge < -0.3 is 11.1 Å². The molecule has 0 fully saturated rings. The quantitative estimate of drug-likeness (QED) is 0.685. The molecule has 0 aromatic rings. The average molecular weight is 262 g/mol. The van der Waals surface area contributed by atoms with Crippen LogP contribution in [0.3, 0.4) is 0 Å². The number of hydrogen-bond acceptors (Lipinski definition) is 3. The average Bonchev–Trinajstić information content (AvgIpc) is 2.14. The second kappa shape index (κ2) is 7.90. The van der Waals surface area contributed by atoms with Crippen LogP contribution < -0.4 is 11.1 Å². The summed E-state index contributed by atoms with van der Waals surface area (Å²) in [7, 11) is 0.